The van der Waals surface area contributed by atoms with Gasteiger partial charge in [0.25, 0.3) is 0 Å². The molecule has 1 fully saturated rings. The van der Waals surface area contributed by atoms with Gasteiger partial charge in [0, 0.05) is 55.9 Å². The molecule has 1 aromatic carbocycles. The van der Waals surface area contributed by atoms with Crippen molar-refractivity contribution in [2.75, 3.05) is 20.2 Å². The Morgan fingerprint density at radius 2 is 2.17 bits per heavy atom. The lowest BCUT2D eigenvalue weighted by atomic mass is 9.89. The Balaban J connectivity index is 1.51. The van der Waals surface area contributed by atoms with Gasteiger partial charge >= 0.3 is 6.03 Å². The van der Waals surface area contributed by atoms with E-state index < -0.39 is 5.60 Å². The Morgan fingerprint density at radius 1 is 1.40 bits per heavy atom. The maximum Gasteiger partial charge on any atom is 0.322 e. The molecule has 1 aromatic heterocycles. The summed E-state index contributed by atoms with van der Waals surface area (Å²) in [5.41, 5.74) is 2.76. The van der Waals surface area contributed by atoms with Crippen LogP contribution in [0.5, 0.6) is 5.75 Å². The number of ether oxygens (including phenoxy) is 1. The summed E-state index contributed by atoms with van der Waals surface area (Å²) in [5.74, 6) is 3.83. The number of aryl methyl sites for hydroxylation is 1. The van der Waals surface area contributed by atoms with E-state index in [0.717, 1.165) is 28.1 Å². The molecule has 0 spiro atoms. The number of nitrogens with one attached hydrogen (secondary N) is 1. The first-order valence-electron chi connectivity index (χ1n) is 9.91. The number of amides is 2. The SMILES string of the molecule is C#CCC1(O)CCN(C(=O)NC2=Nc3c(-c4cnn(C)c4)ccc(OC)c3C2)CC1. The lowest BCUT2D eigenvalue weighted by Gasteiger charge is -2.37. The third kappa shape index (κ3) is 3.76. The van der Waals surface area contributed by atoms with Crippen molar-refractivity contribution < 1.29 is 14.6 Å². The molecule has 4 rings (SSSR count). The van der Waals surface area contributed by atoms with Crippen LogP contribution in [0.25, 0.3) is 11.1 Å². The van der Waals surface area contributed by atoms with Gasteiger partial charge in [-0.25, -0.2) is 9.79 Å². The number of nitrogens with zero attached hydrogens (tertiary/aromatic N) is 4. The smallest absolute Gasteiger partial charge is 0.322 e. The topological polar surface area (TPSA) is 92.0 Å². The van der Waals surface area contributed by atoms with Gasteiger partial charge in [-0.15, -0.1) is 12.3 Å². The molecule has 8 heteroatoms. The van der Waals surface area contributed by atoms with Crippen LogP contribution >= 0.6 is 0 Å². The van der Waals surface area contributed by atoms with Crippen LogP contribution in [0, 0.1) is 12.3 Å². The van der Waals surface area contributed by atoms with Crippen molar-refractivity contribution in [2.45, 2.75) is 31.3 Å². The van der Waals surface area contributed by atoms with Crippen molar-refractivity contribution in [1.82, 2.24) is 20.0 Å². The maximum absolute atomic E-state index is 12.8. The number of terminal acetylenes is 1. The predicted octanol–water partition coefficient (Wildman–Crippen LogP) is 2.24. The zero-order valence-electron chi connectivity index (χ0n) is 17.2. The summed E-state index contributed by atoms with van der Waals surface area (Å²) in [6.45, 7) is 0.906. The highest BCUT2D eigenvalue weighted by atomic mass is 16.5. The number of methoxy groups -OCH3 is 1. The monoisotopic (exact) mass is 407 g/mol. The highest BCUT2D eigenvalue weighted by molar-refractivity contribution is 6.04. The lowest BCUT2D eigenvalue weighted by Crippen LogP contribution is -2.50. The van der Waals surface area contributed by atoms with Crippen molar-refractivity contribution in [1.29, 1.82) is 0 Å². The Labute approximate surface area is 175 Å². The quantitative estimate of drug-likeness (QED) is 0.764. The Hall–Kier alpha value is -3.31. The van der Waals surface area contributed by atoms with Gasteiger partial charge in [-0.05, 0) is 25.0 Å². The molecule has 0 unspecified atom stereocenters. The lowest BCUT2D eigenvalue weighted by molar-refractivity contribution is -0.00720. The van der Waals surface area contributed by atoms with Crippen LogP contribution in [-0.4, -0.2) is 57.5 Å². The van der Waals surface area contributed by atoms with Crippen molar-refractivity contribution in [3.05, 3.63) is 30.1 Å². The molecular formula is C22H25N5O3. The summed E-state index contributed by atoms with van der Waals surface area (Å²) in [4.78, 5) is 19.1. The van der Waals surface area contributed by atoms with Crippen molar-refractivity contribution in [3.8, 4) is 29.2 Å². The number of carbonyl (C=O) groups is 1. The summed E-state index contributed by atoms with van der Waals surface area (Å²) in [7, 11) is 3.49. The van der Waals surface area contributed by atoms with Crippen molar-refractivity contribution >= 4 is 17.6 Å². The van der Waals surface area contributed by atoms with Crippen LogP contribution in [-0.2, 0) is 13.5 Å². The molecule has 2 aliphatic rings. The van der Waals surface area contributed by atoms with E-state index in [-0.39, 0.29) is 6.03 Å². The zero-order chi connectivity index (χ0) is 21.3. The number of urea groups is 1. The van der Waals surface area contributed by atoms with Crippen molar-refractivity contribution in [3.63, 3.8) is 0 Å². The minimum atomic E-state index is -0.876. The van der Waals surface area contributed by atoms with E-state index in [1.165, 1.54) is 0 Å². The largest absolute Gasteiger partial charge is 0.496 e. The molecule has 3 heterocycles. The first-order chi connectivity index (χ1) is 14.4. The van der Waals surface area contributed by atoms with E-state index in [1.54, 1.807) is 22.9 Å². The van der Waals surface area contributed by atoms with Gasteiger partial charge in [-0.3, -0.25) is 10.00 Å². The second kappa shape index (κ2) is 7.84. The number of aromatic nitrogens is 2. The maximum atomic E-state index is 12.8. The summed E-state index contributed by atoms with van der Waals surface area (Å²) in [6.07, 6.45) is 10.8. The summed E-state index contributed by atoms with van der Waals surface area (Å²) in [6, 6.07) is 3.66. The molecule has 0 radical (unpaired) electrons. The molecule has 0 aliphatic carbocycles. The van der Waals surface area contributed by atoms with Crippen LogP contribution in [0.15, 0.2) is 29.5 Å². The number of hydrogen-bond donors (Lipinski definition) is 2. The molecule has 2 amide bonds. The fourth-order valence-corrected chi connectivity index (χ4v) is 4.01. The average Bonchev–Trinajstić information content (AvgIpc) is 3.33. The van der Waals surface area contributed by atoms with E-state index in [2.05, 4.69) is 16.3 Å². The van der Waals surface area contributed by atoms with Gasteiger partial charge in [-0.1, -0.05) is 0 Å². The molecule has 1 saturated heterocycles. The van der Waals surface area contributed by atoms with Crippen LogP contribution in [0.1, 0.15) is 24.8 Å². The van der Waals surface area contributed by atoms with E-state index in [9.17, 15) is 9.90 Å². The highest BCUT2D eigenvalue weighted by Gasteiger charge is 2.34. The Kier molecular flexibility index (Phi) is 5.22. The Bertz CT molecular complexity index is 1040. The number of aliphatic imine (C=N–C) groups is 1. The van der Waals surface area contributed by atoms with Crippen LogP contribution < -0.4 is 10.1 Å². The van der Waals surface area contributed by atoms with E-state index in [0.29, 0.717) is 44.6 Å². The summed E-state index contributed by atoms with van der Waals surface area (Å²) in [5, 5.41) is 17.6. The second-order valence-corrected chi connectivity index (χ2v) is 7.80. The van der Waals surface area contributed by atoms with Crippen molar-refractivity contribution in [2.24, 2.45) is 12.0 Å². The van der Waals surface area contributed by atoms with E-state index in [1.807, 2.05) is 25.4 Å². The number of amidine groups is 1. The summed E-state index contributed by atoms with van der Waals surface area (Å²) < 4.78 is 7.25. The number of hydrogen-bond acceptors (Lipinski definition) is 5. The van der Waals surface area contributed by atoms with Gasteiger partial charge in [0.2, 0.25) is 0 Å². The number of fused-ring (bicyclic) bond motifs is 1. The van der Waals surface area contributed by atoms with E-state index >= 15 is 0 Å². The number of likely N-dealkylation sites (tertiary alicyclic amines) is 1. The molecule has 2 aliphatic heterocycles. The number of benzene rings is 1. The average molecular weight is 407 g/mol. The molecule has 0 atom stereocenters. The molecule has 8 nitrogen and oxygen atoms in total. The molecule has 2 N–H and O–H groups in total. The van der Waals surface area contributed by atoms with Gasteiger partial charge < -0.3 is 14.7 Å². The molecule has 0 saturated carbocycles. The summed E-state index contributed by atoms with van der Waals surface area (Å²) >= 11 is 0. The number of piperidine rings is 1. The number of rotatable bonds is 3. The van der Waals surface area contributed by atoms with E-state index in [4.69, 9.17) is 16.2 Å². The fraction of sp³-hybridized carbons (Fsp3) is 0.409. The molecule has 30 heavy (non-hydrogen) atoms. The first-order valence-corrected chi connectivity index (χ1v) is 9.91. The van der Waals surface area contributed by atoms with Gasteiger partial charge in [0.1, 0.15) is 11.6 Å². The zero-order valence-corrected chi connectivity index (χ0v) is 17.2. The minimum Gasteiger partial charge on any atom is -0.496 e. The molecular weight excluding hydrogens is 382 g/mol. The van der Waals surface area contributed by atoms with Gasteiger partial charge in [0.15, 0.2) is 0 Å². The van der Waals surface area contributed by atoms with Gasteiger partial charge in [0.05, 0.1) is 24.6 Å². The normalized spacial score (nSPS) is 17.1. The fourth-order valence-electron chi connectivity index (χ4n) is 4.01. The molecule has 2 aromatic rings. The number of aliphatic hydroxyl groups is 1. The van der Waals surface area contributed by atoms with Crippen LogP contribution in [0.4, 0.5) is 10.5 Å². The predicted molar refractivity (Wildman–Crippen MR) is 114 cm³/mol. The van der Waals surface area contributed by atoms with Gasteiger partial charge in [-0.2, -0.15) is 5.10 Å². The minimum absolute atomic E-state index is 0.216. The molecule has 0 bridgehead atoms. The third-order valence-corrected chi connectivity index (χ3v) is 5.73. The standard InChI is InChI=1S/C22H25N5O3/c1-4-7-22(29)8-10-27(11-9-22)21(28)25-19-12-17-18(30-3)6-5-16(20(17)24-19)15-13-23-26(2)14-15/h1,5-6,13-14,29H,7-12H2,2-3H3,(H,24,25,28). The third-order valence-electron chi connectivity index (χ3n) is 5.73. The Morgan fingerprint density at radius 3 is 2.80 bits per heavy atom. The first kappa shape index (κ1) is 20.0. The molecule has 156 valence electrons. The van der Waals surface area contributed by atoms with Crippen LogP contribution in [0.2, 0.25) is 0 Å². The second-order valence-electron chi connectivity index (χ2n) is 7.80. The number of carbonyl (C=O) groups excluding carboxylic acids is 1. The highest BCUT2D eigenvalue weighted by Crippen LogP contribution is 2.42. The van der Waals surface area contributed by atoms with Crippen LogP contribution in [0.3, 0.4) is 0 Å².